The number of aryl methyl sites for hydroxylation is 1. The number of amides is 3. The van der Waals surface area contributed by atoms with Crippen LogP contribution < -0.4 is 10.2 Å². The second-order valence-corrected chi connectivity index (χ2v) is 9.62. The number of nitrogens with zero attached hydrogens (tertiary/aromatic N) is 2. The van der Waals surface area contributed by atoms with Crippen LogP contribution in [0.1, 0.15) is 35.1 Å². The Morgan fingerprint density at radius 1 is 1.11 bits per heavy atom. The molecule has 2 aromatic rings. The van der Waals surface area contributed by atoms with E-state index in [1.807, 2.05) is 6.07 Å². The highest BCUT2D eigenvalue weighted by Gasteiger charge is 2.48. The number of urea groups is 1. The lowest BCUT2D eigenvalue weighted by Gasteiger charge is -2.43. The van der Waals surface area contributed by atoms with Crippen molar-refractivity contribution in [3.05, 3.63) is 64.7 Å². The predicted molar refractivity (Wildman–Crippen MR) is 126 cm³/mol. The Morgan fingerprint density at radius 2 is 1.86 bits per heavy atom. The lowest BCUT2D eigenvalue weighted by atomic mass is 9.88. The van der Waals surface area contributed by atoms with Crippen molar-refractivity contribution in [1.29, 1.82) is 0 Å². The number of alkyl halides is 5. The number of carbonyl (C=O) groups excluding carboxylic acids is 2. The van der Waals surface area contributed by atoms with E-state index in [1.165, 1.54) is 12.1 Å². The van der Waals surface area contributed by atoms with Crippen molar-refractivity contribution in [1.82, 2.24) is 4.90 Å². The molecule has 5 rings (SSSR count). The van der Waals surface area contributed by atoms with E-state index in [0.717, 1.165) is 33.1 Å². The van der Waals surface area contributed by atoms with Crippen LogP contribution in [0, 0.1) is 0 Å². The van der Waals surface area contributed by atoms with Gasteiger partial charge in [-0.1, -0.05) is 18.2 Å². The van der Waals surface area contributed by atoms with Crippen molar-refractivity contribution in [2.75, 3.05) is 29.9 Å². The molecule has 2 N–H and O–H groups in total. The van der Waals surface area contributed by atoms with E-state index in [1.54, 1.807) is 12.1 Å². The minimum Gasteiger partial charge on any atom is -0.393 e. The van der Waals surface area contributed by atoms with E-state index in [-0.39, 0.29) is 24.2 Å². The zero-order valence-electron chi connectivity index (χ0n) is 19.6. The molecule has 11 heteroatoms. The molecular formula is C26H24F5N3O3. The summed E-state index contributed by atoms with van der Waals surface area (Å²) in [7, 11) is 0. The first-order chi connectivity index (χ1) is 17.4. The number of halogens is 5. The number of benzene rings is 2. The maximum Gasteiger partial charge on any atom is 0.416 e. The Kier molecular flexibility index (Phi) is 6.21. The van der Waals surface area contributed by atoms with E-state index < -0.39 is 48.8 Å². The average Bonchev–Trinajstić information content (AvgIpc) is 2.81. The number of nitrogens with one attached hydrogen (secondary N) is 1. The minimum atomic E-state index is -4.68. The molecule has 3 aliphatic rings. The summed E-state index contributed by atoms with van der Waals surface area (Å²) in [5.41, 5.74) is 2.03. The van der Waals surface area contributed by atoms with Gasteiger partial charge in [0.15, 0.2) is 0 Å². The summed E-state index contributed by atoms with van der Waals surface area (Å²) in [5.74, 6) is -3.52. The summed E-state index contributed by atoms with van der Waals surface area (Å²) < 4.78 is 66.9. The van der Waals surface area contributed by atoms with Crippen LogP contribution in [0.4, 0.5) is 38.1 Å². The number of rotatable bonds is 2. The van der Waals surface area contributed by atoms with Crippen molar-refractivity contribution in [2.45, 2.75) is 43.9 Å². The van der Waals surface area contributed by atoms with Crippen LogP contribution in [-0.2, 0) is 23.8 Å². The molecule has 2 aromatic carbocycles. The third-order valence-corrected chi connectivity index (χ3v) is 6.94. The van der Waals surface area contributed by atoms with Crippen LogP contribution >= 0.6 is 0 Å². The third-order valence-electron chi connectivity index (χ3n) is 6.94. The minimum absolute atomic E-state index is 0.0682. The molecule has 0 spiro atoms. The first-order valence-electron chi connectivity index (χ1n) is 11.9. The van der Waals surface area contributed by atoms with Gasteiger partial charge in [-0.25, -0.2) is 13.6 Å². The van der Waals surface area contributed by atoms with E-state index in [0.29, 0.717) is 30.5 Å². The summed E-state index contributed by atoms with van der Waals surface area (Å²) >= 11 is 0. The first kappa shape index (κ1) is 25.2. The Labute approximate surface area is 209 Å². The highest BCUT2D eigenvalue weighted by Crippen LogP contribution is 2.41. The maximum atomic E-state index is 13.4. The molecule has 6 nitrogen and oxygen atoms in total. The standard InChI is InChI=1S/C26H24F5N3O3/c27-25(28)13-33(14-25)24(37)34-9-8-16(19-7-5-17(11-22(19)34)26(29,30)31)10-23(36)32-21-3-1-2-15-4-6-18(35)12-20(15)21/h1-3,5,7,10-11,18,35H,4,6,8-9,12-14H2,(H,32,36)/b16-10+. The quantitative estimate of drug-likeness (QED) is 0.438. The normalized spacial score (nSPS) is 21.7. The van der Waals surface area contributed by atoms with Crippen LogP contribution in [0.15, 0.2) is 42.5 Å². The summed E-state index contributed by atoms with van der Waals surface area (Å²) in [6, 6.07) is 7.53. The van der Waals surface area contributed by atoms with Gasteiger partial charge in [0.05, 0.1) is 30.4 Å². The molecule has 0 saturated carbocycles. The molecule has 196 valence electrons. The van der Waals surface area contributed by atoms with Crippen LogP contribution in [0.2, 0.25) is 0 Å². The van der Waals surface area contributed by atoms with Crippen LogP contribution in [-0.4, -0.2) is 53.6 Å². The Morgan fingerprint density at radius 3 is 2.57 bits per heavy atom. The molecule has 0 bridgehead atoms. The molecule has 1 fully saturated rings. The lowest BCUT2D eigenvalue weighted by molar-refractivity contribution is -0.137. The van der Waals surface area contributed by atoms with Crippen molar-refractivity contribution in [2.24, 2.45) is 0 Å². The molecule has 1 saturated heterocycles. The number of carbonyl (C=O) groups is 2. The van der Waals surface area contributed by atoms with Gasteiger partial charge < -0.3 is 15.3 Å². The molecule has 1 aliphatic carbocycles. The van der Waals surface area contributed by atoms with Gasteiger partial charge >= 0.3 is 12.2 Å². The number of anilines is 2. The molecule has 2 aliphatic heterocycles. The molecule has 3 amide bonds. The van der Waals surface area contributed by atoms with Crippen LogP contribution in [0.3, 0.4) is 0 Å². The van der Waals surface area contributed by atoms with E-state index in [4.69, 9.17) is 0 Å². The topological polar surface area (TPSA) is 72.9 Å². The first-order valence-corrected chi connectivity index (χ1v) is 11.9. The van der Waals surface area contributed by atoms with Gasteiger partial charge in [-0.05, 0) is 54.2 Å². The fourth-order valence-corrected chi connectivity index (χ4v) is 5.07. The van der Waals surface area contributed by atoms with Gasteiger partial charge in [-0.3, -0.25) is 9.69 Å². The zero-order valence-corrected chi connectivity index (χ0v) is 19.6. The number of likely N-dealkylation sites (tertiary alicyclic amines) is 1. The van der Waals surface area contributed by atoms with Gasteiger partial charge in [0.2, 0.25) is 5.91 Å². The lowest BCUT2D eigenvalue weighted by Crippen LogP contribution is -2.62. The number of hydrogen-bond donors (Lipinski definition) is 2. The molecule has 1 atom stereocenters. The number of hydrogen-bond acceptors (Lipinski definition) is 3. The second-order valence-electron chi connectivity index (χ2n) is 9.62. The second kappa shape index (κ2) is 9.13. The molecule has 0 aromatic heterocycles. The van der Waals surface area contributed by atoms with E-state index in [9.17, 15) is 36.6 Å². The van der Waals surface area contributed by atoms with Crippen molar-refractivity contribution in [3.8, 4) is 0 Å². The van der Waals surface area contributed by atoms with Gasteiger partial charge in [-0.15, -0.1) is 0 Å². The zero-order chi connectivity index (χ0) is 26.5. The van der Waals surface area contributed by atoms with Crippen LogP contribution in [0.5, 0.6) is 0 Å². The van der Waals surface area contributed by atoms with Crippen molar-refractivity contribution < 1.29 is 36.6 Å². The SMILES string of the molecule is O=C(/C=C1\CCN(C(=O)N2CC(F)(F)C2)c2cc(C(F)(F)F)ccc21)Nc1cccc2c1CC(O)CC2. The molecular weight excluding hydrogens is 497 g/mol. The number of aliphatic hydroxyl groups is 1. The number of fused-ring (bicyclic) bond motifs is 2. The van der Waals surface area contributed by atoms with E-state index in [2.05, 4.69) is 5.32 Å². The maximum absolute atomic E-state index is 13.4. The summed E-state index contributed by atoms with van der Waals surface area (Å²) in [5, 5.41) is 12.8. The Bertz CT molecular complexity index is 1280. The Hall–Kier alpha value is -3.47. The molecule has 37 heavy (non-hydrogen) atoms. The largest absolute Gasteiger partial charge is 0.416 e. The smallest absolute Gasteiger partial charge is 0.393 e. The van der Waals surface area contributed by atoms with Gasteiger partial charge in [0.25, 0.3) is 5.92 Å². The van der Waals surface area contributed by atoms with Crippen LogP contribution in [0.25, 0.3) is 5.57 Å². The highest BCUT2D eigenvalue weighted by atomic mass is 19.4. The molecule has 2 heterocycles. The Balaban J connectivity index is 1.44. The van der Waals surface area contributed by atoms with Crippen molar-refractivity contribution >= 4 is 28.9 Å². The predicted octanol–water partition coefficient (Wildman–Crippen LogP) is 4.86. The highest BCUT2D eigenvalue weighted by molar-refractivity contribution is 6.07. The summed E-state index contributed by atoms with van der Waals surface area (Å²) in [4.78, 5) is 27.7. The summed E-state index contributed by atoms with van der Waals surface area (Å²) in [6.07, 6.45) is -2.04. The molecule has 0 radical (unpaired) electrons. The van der Waals surface area contributed by atoms with Crippen molar-refractivity contribution in [3.63, 3.8) is 0 Å². The third kappa shape index (κ3) is 5.04. The number of aliphatic hydroxyl groups excluding tert-OH is 1. The summed E-state index contributed by atoms with van der Waals surface area (Å²) in [6.45, 7) is -1.66. The molecule has 1 unspecified atom stereocenters. The van der Waals surface area contributed by atoms with Gasteiger partial charge in [0, 0.05) is 30.3 Å². The fourth-order valence-electron chi connectivity index (χ4n) is 5.07. The monoisotopic (exact) mass is 521 g/mol. The van der Waals surface area contributed by atoms with Gasteiger partial charge in [-0.2, -0.15) is 13.2 Å². The van der Waals surface area contributed by atoms with Gasteiger partial charge in [0.1, 0.15) is 0 Å². The fraction of sp³-hybridized carbons (Fsp3) is 0.385. The average molecular weight is 521 g/mol. The van der Waals surface area contributed by atoms with E-state index >= 15 is 0 Å².